The van der Waals surface area contributed by atoms with E-state index in [-0.39, 0.29) is 24.2 Å². The van der Waals surface area contributed by atoms with Crippen molar-refractivity contribution in [1.82, 2.24) is 14.8 Å². The van der Waals surface area contributed by atoms with Crippen molar-refractivity contribution in [3.63, 3.8) is 0 Å². The molecule has 1 atom stereocenters. The molecule has 0 bridgehead atoms. The maximum atomic E-state index is 12.5. The lowest BCUT2D eigenvalue weighted by Crippen LogP contribution is -2.28. The summed E-state index contributed by atoms with van der Waals surface area (Å²) in [4.78, 5) is 32.6. The van der Waals surface area contributed by atoms with Crippen LogP contribution in [-0.2, 0) is 22.7 Å². The van der Waals surface area contributed by atoms with Gasteiger partial charge in [-0.1, -0.05) is 0 Å². The minimum Gasteiger partial charge on any atom is -0.467 e. The number of furan rings is 1. The molecular formula is C18H22N4O3. The number of anilines is 1. The number of carbonyl (C=O) groups excluding carboxylic acids is 2. The number of pyridine rings is 1. The van der Waals surface area contributed by atoms with E-state index in [4.69, 9.17) is 4.42 Å². The van der Waals surface area contributed by atoms with Crippen LogP contribution in [0.25, 0.3) is 0 Å². The van der Waals surface area contributed by atoms with Gasteiger partial charge in [0.1, 0.15) is 5.76 Å². The fourth-order valence-electron chi connectivity index (χ4n) is 2.90. The van der Waals surface area contributed by atoms with E-state index in [9.17, 15) is 9.59 Å². The molecule has 0 radical (unpaired) electrons. The Morgan fingerprint density at radius 1 is 1.44 bits per heavy atom. The van der Waals surface area contributed by atoms with Gasteiger partial charge in [-0.2, -0.15) is 0 Å². The third kappa shape index (κ3) is 4.45. The smallest absolute Gasteiger partial charge is 0.229 e. The molecule has 25 heavy (non-hydrogen) atoms. The van der Waals surface area contributed by atoms with Crippen molar-refractivity contribution in [3.8, 4) is 0 Å². The van der Waals surface area contributed by atoms with Crippen molar-refractivity contribution in [2.45, 2.75) is 19.5 Å². The predicted octanol–water partition coefficient (Wildman–Crippen LogP) is 1.72. The number of amides is 2. The summed E-state index contributed by atoms with van der Waals surface area (Å²) in [6.45, 7) is 1.50. The van der Waals surface area contributed by atoms with E-state index in [0.29, 0.717) is 25.3 Å². The van der Waals surface area contributed by atoms with E-state index < -0.39 is 0 Å². The summed E-state index contributed by atoms with van der Waals surface area (Å²) >= 11 is 0. The van der Waals surface area contributed by atoms with Gasteiger partial charge in [0.15, 0.2) is 0 Å². The number of carbonyl (C=O) groups is 2. The van der Waals surface area contributed by atoms with Crippen LogP contribution < -0.4 is 5.32 Å². The molecule has 1 N–H and O–H groups in total. The van der Waals surface area contributed by atoms with Crippen LogP contribution in [0.2, 0.25) is 0 Å². The standard InChI is InChI=1S/C18H22N4O3/c1-21(2)11-15-9-14(5-6-19-15)20-18(24)13-8-17(23)22(10-13)12-16-4-3-7-25-16/h3-7,9,13H,8,10-12H2,1-2H3,(H,19,20,24). The van der Waals surface area contributed by atoms with Gasteiger partial charge in [-0.05, 0) is 38.4 Å². The highest BCUT2D eigenvalue weighted by Gasteiger charge is 2.34. The Hall–Kier alpha value is -2.67. The summed E-state index contributed by atoms with van der Waals surface area (Å²) < 4.78 is 5.27. The number of nitrogens with zero attached hydrogens (tertiary/aromatic N) is 3. The van der Waals surface area contributed by atoms with Gasteiger partial charge in [0.2, 0.25) is 11.8 Å². The summed E-state index contributed by atoms with van der Waals surface area (Å²) in [6, 6.07) is 7.22. The van der Waals surface area contributed by atoms with Crippen LogP contribution in [0.3, 0.4) is 0 Å². The zero-order valence-electron chi connectivity index (χ0n) is 14.4. The first kappa shape index (κ1) is 17.2. The molecule has 1 aliphatic rings. The molecule has 7 nitrogen and oxygen atoms in total. The summed E-state index contributed by atoms with van der Waals surface area (Å²) in [6.07, 6.45) is 3.48. The second-order valence-corrected chi connectivity index (χ2v) is 6.52. The molecule has 2 aromatic heterocycles. The molecule has 3 heterocycles. The van der Waals surface area contributed by atoms with Gasteiger partial charge < -0.3 is 19.5 Å². The zero-order valence-corrected chi connectivity index (χ0v) is 14.4. The zero-order chi connectivity index (χ0) is 17.8. The molecule has 1 fully saturated rings. The first-order chi connectivity index (χ1) is 12.0. The SMILES string of the molecule is CN(C)Cc1cc(NC(=O)C2CC(=O)N(Cc3ccco3)C2)ccn1. The van der Waals surface area contributed by atoms with Gasteiger partial charge in [-0.25, -0.2) is 0 Å². The predicted molar refractivity (Wildman–Crippen MR) is 92.5 cm³/mol. The summed E-state index contributed by atoms with van der Waals surface area (Å²) in [5.74, 6) is 0.196. The number of likely N-dealkylation sites (tertiary alicyclic amines) is 1. The Morgan fingerprint density at radius 3 is 3.00 bits per heavy atom. The minimum absolute atomic E-state index is 0.0282. The second kappa shape index (κ2) is 7.48. The number of rotatable bonds is 6. The van der Waals surface area contributed by atoms with Crippen LogP contribution in [-0.4, -0.2) is 47.2 Å². The molecule has 7 heteroatoms. The highest BCUT2D eigenvalue weighted by molar-refractivity contribution is 5.97. The number of hydrogen-bond acceptors (Lipinski definition) is 5. The van der Waals surface area contributed by atoms with Crippen molar-refractivity contribution in [2.75, 3.05) is 26.0 Å². The lowest BCUT2D eigenvalue weighted by atomic mass is 10.1. The number of hydrogen-bond donors (Lipinski definition) is 1. The topological polar surface area (TPSA) is 78.7 Å². The van der Waals surface area contributed by atoms with Crippen LogP contribution >= 0.6 is 0 Å². The monoisotopic (exact) mass is 342 g/mol. The van der Waals surface area contributed by atoms with E-state index in [0.717, 1.165) is 11.5 Å². The Labute approximate surface area is 146 Å². The molecule has 2 amide bonds. The third-order valence-corrected chi connectivity index (χ3v) is 4.07. The molecule has 3 rings (SSSR count). The summed E-state index contributed by atoms with van der Waals surface area (Å²) in [7, 11) is 3.93. The third-order valence-electron chi connectivity index (χ3n) is 4.07. The average Bonchev–Trinajstić information content (AvgIpc) is 3.18. The minimum atomic E-state index is -0.354. The van der Waals surface area contributed by atoms with Crippen LogP contribution in [0.4, 0.5) is 5.69 Å². The second-order valence-electron chi connectivity index (χ2n) is 6.52. The lowest BCUT2D eigenvalue weighted by Gasteiger charge is -2.15. The Kier molecular flexibility index (Phi) is 5.14. The molecule has 0 saturated carbocycles. The van der Waals surface area contributed by atoms with Crippen LogP contribution in [0.1, 0.15) is 17.9 Å². The Balaban J connectivity index is 1.59. The largest absolute Gasteiger partial charge is 0.467 e. The van der Waals surface area contributed by atoms with Crippen LogP contribution in [0.15, 0.2) is 41.1 Å². The molecule has 1 saturated heterocycles. The lowest BCUT2D eigenvalue weighted by molar-refractivity contribution is -0.128. The summed E-state index contributed by atoms with van der Waals surface area (Å²) in [5, 5.41) is 2.90. The van der Waals surface area contributed by atoms with E-state index >= 15 is 0 Å². The van der Waals surface area contributed by atoms with E-state index in [1.807, 2.05) is 31.1 Å². The summed E-state index contributed by atoms with van der Waals surface area (Å²) in [5.41, 5.74) is 1.58. The van der Waals surface area contributed by atoms with Crippen molar-refractivity contribution in [1.29, 1.82) is 0 Å². The fraction of sp³-hybridized carbons (Fsp3) is 0.389. The van der Waals surface area contributed by atoms with E-state index in [1.165, 1.54) is 0 Å². The normalized spacial score (nSPS) is 17.3. The molecule has 2 aromatic rings. The van der Waals surface area contributed by atoms with Crippen molar-refractivity contribution in [2.24, 2.45) is 5.92 Å². The molecule has 0 aliphatic carbocycles. The van der Waals surface area contributed by atoms with Gasteiger partial charge in [0.25, 0.3) is 0 Å². The van der Waals surface area contributed by atoms with Gasteiger partial charge in [-0.3, -0.25) is 14.6 Å². The molecule has 0 spiro atoms. The number of aromatic nitrogens is 1. The van der Waals surface area contributed by atoms with Crippen LogP contribution in [0, 0.1) is 5.92 Å². The quantitative estimate of drug-likeness (QED) is 0.865. The van der Waals surface area contributed by atoms with Crippen LogP contribution in [0.5, 0.6) is 0 Å². The highest BCUT2D eigenvalue weighted by atomic mass is 16.3. The first-order valence-electron chi connectivity index (χ1n) is 8.22. The average molecular weight is 342 g/mol. The van der Waals surface area contributed by atoms with E-state index in [1.54, 1.807) is 29.5 Å². The van der Waals surface area contributed by atoms with E-state index in [2.05, 4.69) is 10.3 Å². The van der Waals surface area contributed by atoms with Gasteiger partial charge in [-0.15, -0.1) is 0 Å². The molecular weight excluding hydrogens is 320 g/mol. The molecule has 1 unspecified atom stereocenters. The van der Waals surface area contributed by atoms with Crippen molar-refractivity contribution in [3.05, 3.63) is 48.2 Å². The Morgan fingerprint density at radius 2 is 2.28 bits per heavy atom. The number of nitrogens with one attached hydrogen (secondary N) is 1. The van der Waals surface area contributed by atoms with Gasteiger partial charge in [0.05, 0.1) is 24.4 Å². The van der Waals surface area contributed by atoms with Crippen molar-refractivity contribution < 1.29 is 14.0 Å². The maximum absolute atomic E-state index is 12.5. The Bertz CT molecular complexity index is 743. The fourth-order valence-corrected chi connectivity index (χ4v) is 2.90. The maximum Gasteiger partial charge on any atom is 0.229 e. The highest BCUT2D eigenvalue weighted by Crippen LogP contribution is 2.22. The molecule has 132 valence electrons. The first-order valence-corrected chi connectivity index (χ1v) is 8.22. The van der Waals surface area contributed by atoms with Crippen molar-refractivity contribution >= 4 is 17.5 Å². The van der Waals surface area contributed by atoms with Gasteiger partial charge in [0, 0.05) is 31.4 Å². The van der Waals surface area contributed by atoms with Gasteiger partial charge >= 0.3 is 0 Å². The molecule has 1 aliphatic heterocycles. The molecule has 0 aromatic carbocycles.